The molecular formula is C16H25NO. The van der Waals surface area contributed by atoms with Crippen molar-refractivity contribution in [2.75, 3.05) is 6.54 Å². The Hall–Kier alpha value is -0.790. The Balaban J connectivity index is 1.52. The van der Waals surface area contributed by atoms with Crippen LogP contribution in [-0.4, -0.2) is 23.4 Å². The van der Waals surface area contributed by atoms with Crippen LogP contribution in [0.3, 0.4) is 0 Å². The van der Waals surface area contributed by atoms with Gasteiger partial charge in [0.05, 0.1) is 0 Å². The van der Waals surface area contributed by atoms with Crippen molar-refractivity contribution >= 4 is 5.91 Å². The summed E-state index contributed by atoms with van der Waals surface area (Å²) in [6, 6.07) is 0.577. The van der Waals surface area contributed by atoms with Gasteiger partial charge in [-0.05, 0) is 50.0 Å². The molecule has 0 radical (unpaired) electrons. The minimum absolute atomic E-state index is 0.282. The Kier molecular flexibility index (Phi) is 3.72. The van der Waals surface area contributed by atoms with Gasteiger partial charge in [-0.2, -0.15) is 0 Å². The molecule has 1 aliphatic heterocycles. The number of likely N-dealkylation sites (tertiary alicyclic amines) is 1. The quantitative estimate of drug-likeness (QED) is 0.699. The van der Waals surface area contributed by atoms with E-state index in [-0.39, 0.29) is 5.91 Å². The van der Waals surface area contributed by atoms with Gasteiger partial charge in [0, 0.05) is 12.6 Å². The summed E-state index contributed by atoms with van der Waals surface area (Å²) in [5, 5.41) is 0. The van der Waals surface area contributed by atoms with Crippen LogP contribution in [0.2, 0.25) is 0 Å². The van der Waals surface area contributed by atoms with Crippen LogP contribution in [0, 0.1) is 11.8 Å². The van der Waals surface area contributed by atoms with E-state index in [0.29, 0.717) is 12.0 Å². The number of nitrogens with zero attached hydrogens (tertiary/aromatic N) is 1. The first-order chi connectivity index (χ1) is 8.84. The van der Waals surface area contributed by atoms with Crippen LogP contribution in [0.4, 0.5) is 0 Å². The van der Waals surface area contributed by atoms with E-state index >= 15 is 0 Å². The molecule has 2 saturated carbocycles. The Morgan fingerprint density at radius 1 is 0.944 bits per heavy atom. The van der Waals surface area contributed by atoms with Gasteiger partial charge in [0.25, 0.3) is 0 Å². The van der Waals surface area contributed by atoms with Crippen molar-refractivity contribution in [1.82, 2.24) is 4.90 Å². The van der Waals surface area contributed by atoms with E-state index in [1.165, 1.54) is 57.8 Å². The van der Waals surface area contributed by atoms with Gasteiger partial charge in [0.2, 0.25) is 5.91 Å². The fourth-order valence-corrected chi connectivity index (χ4v) is 3.98. The molecule has 2 aliphatic carbocycles. The number of amides is 1. The van der Waals surface area contributed by atoms with Gasteiger partial charge in [-0.15, -0.1) is 0 Å². The number of allylic oxidation sites excluding steroid dienone is 1. The lowest BCUT2D eigenvalue weighted by molar-refractivity contribution is -0.135. The monoisotopic (exact) mass is 247 g/mol. The van der Waals surface area contributed by atoms with Crippen LogP contribution in [0.1, 0.15) is 57.8 Å². The molecule has 1 amide bonds. The summed E-state index contributed by atoms with van der Waals surface area (Å²) in [5.74, 6) is 1.77. The van der Waals surface area contributed by atoms with E-state index in [1.54, 1.807) is 0 Å². The zero-order valence-corrected chi connectivity index (χ0v) is 11.3. The molecule has 1 unspecified atom stereocenters. The van der Waals surface area contributed by atoms with Crippen LogP contribution >= 0.6 is 0 Å². The predicted octanol–water partition coefficient (Wildman–Crippen LogP) is 3.52. The van der Waals surface area contributed by atoms with Gasteiger partial charge in [-0.1, -0.05) is 31.8 Å². The van der Waals surface area contributed by atoms with Crippen LogP contribution < -0.4 is 0 Å². The van der Waals surface area contributed by atoms with E-state index in [4.69, 9.17) is 0 Å². The zero-order valence-electron chi connectivity index (χ0n) is 11.3. The molecule has 2 heteroatoms. The normalized spacial score (nSPS) is 30.2. The van der Waals surface area contributed by atoms with Crippen molar-refractivity contribution in [2.24, 2.45) is 11.8 Å². The number of hydrogen-bond acceptors (Lipinski definition) is 1. The maximum atomic E-state index is 12.2. The average molecular weight is 247 g/mol. The molecule has 100 valence electrons. The molecule has 0 N–H and O–H groups in total. The second kappa shape index (κ2) is 5.46. The molecule has 3 rings (SSSR count). The lowest BCUT2D eigenvalue weighted by Crippen LogP contribution is -2.53. The fraction of sp³-hybridized carbons (Fsp3) is 0.812. The largest absolute Gasteiger partial charge is 0.336 e. The van der Waals surface area contributed by atoms with E-state index in [2.05, 4.69) is 11.0 Å². The smallest absolute Gasteiger partial charge is 0.246 e. The minimum Gasteiger partial charge on any atom is -0.336 e. The molecule has 1 atom stereocenters. The third-order valence-corrected chi connectivity index (χ3v) is 5.20. The first kappa shape index (κ1) is 12.3. The standard InChI is InChI=1S/C16H25NO/c18-16(10-9-13-5-1-2-6-13)17-12-11-15(17)14-7-3-4-8-14/h9-10,13-15H,1-8,11-12H2/b10-9+. The number of hydrogen-bond donors (Lipinski definition) is 0. The molecule has 0 aromatic rings. The second-order valence-corrected chi connectivity index (χ2v) is 6.34. The third-order valence-electron chi connectivity index (χ3n) is 5.20. The summed E-state index contributed by atoms with van der Waals surface area (Å²) in [5.41, 5.74) is 0. The highest BCUT2D eigenvalue weighted by atomic mass is 16.2. The zero-order chi connectivity index (χ0) is 12.4. The highest BCUT2D eigenvalue weighted by molar-refractivity contribution is 5.88. The van der Waals surface area contributed by atoms with Gasteiger partial charge in [0.15, 0.2) is 0 Å². The van der Waals surface area contributed by atoms with Gasteiger partial charge in [0.1, 0.15) is 0 Å². The number of rotatable bonds is 3. The lowest BCUT2D eigenvalue weighted by atomic mass is 9.88. The lowest BCUT2D eigenvalue weighted by Gasteiger charge is -2.44. The number of carbonyl (C=O) groups excluding carboxylic acids is 1. The molecular weight excluding hydrogens is 222 g/mol. The molecule has 2 nitrogen and oxygen atoms in total. The van der Waals surface area contributed by atoms with Crippen LogP contribution in [-0.2, 0) is 4.79 Å². The van der Waals surface area contributed by atoms with Crippen LogP contribution in [0.25, 0.3) is 0 Å². The highest BCUT2D eigenvalue weighted by Crippen LogP contribution is 2.36. The molecule has 0 spiro atoms. The van der Waals surface area contributed by atoms with E-state index in [1.807, 2.05) is 6.08 Å². The Morgan fingerprint density at radius 2 is 1.61 bits per heavy atom. The first-order valence-electron chi connectivity index (χ1n) is 7.83. The Labute approximate surface area is 110 Å². The van der Waals surface area contributed by atoms with Crippen molar-refractivity contribution in [2.45, 2.75) is 63.8 Å². The molecule has 0 aromatic carbocycles. The van der Waals surface area contributed by atoms with Gasteiger partial charge < -0.3 is 4.90 Å². The fourth-order valence-electron chi connectivity index (χ4n) is 3.98. The van der Waals surface area contributed by atoms with Crippen molar-refractivity contribution in [3.8, 4) is 0 Å². The number of carbonyl (C=O) groups is 1. The summed E-state index contributed by atoms with van der Waals surface area (Å²) in [4.78, 5) is 14.3. The van der Waals surface area contributed by atoms with Gasteiger partial charge in [-0.3, -0.25) is 4.79 Å². The molecule has 1 heterocycles. The molecule has 0 aromatic heterocycles. The van der Waals surface area contributed by atoms with E-state index < -0.39 is 0 Å². The molecule has 0 bridgehead atoms. The van der Waals surface area contributed by atoms with Gasteiger partial charge >= 0.3 is 0 Å². The Morgan fingerprint density at radius 3 is 2.22 bits per heavy atom. The average Bonchev–Trinajstić information content (AvgIpc) is 2.97. The first-order valence-corrected chi connectivity index (χ1v) is 7.83. The summed E-state index contributed by atoms with van der Waals surface area (Å²) in [6.07, 6.45) is 16.0. The van der Waals surface area contributed by atoms with Crippen LogP contribution in [0.15, 0.2) is 12.2 Å². The topological polar surface area (TPSA) is 20.3 Å². The molecule has 3 aliphatic rings. The third kappa shape index (κ3) is 2.48. The molecule has 18 heavy (non-hydrogen) atoms. The Bertz CT molecular complexity index is 324. The predicted molar refractivity (Wildman–Crippen MR) is 73.2 cm³/mol. The summed E-state index contributed by atoms with van der Waals surface area (Å²) < 4.78 is 0. The summed E-state index contributed by atoms with van der Waals surface area (Å²) in [6.45, 7) is 0.995. The molecule has 3 fully saturated rings. The summed E-state index contributed by atoms with van der Waals surface area (Å²) in [7, 11) is 0. The minimum atomic E-state index is 0.282. The van der Waals surface area contributed by atoms with E-state index in [9.17, 15) is 4.79 Å². The van der Waals surface area contributed by atoms with Crippen LogP contribution in [0.5, 0.6) is 0 Å². The van der Waals surface area contributed by atoms with Crippen molar-refractivity contribution in [3.63, 3.8) is 0 Å². The van der Waals surface area contributed by atoms with Crippen molar-refractivity contribution < 1.29 is 4.79 Å². The summed E-state index contributed by atoms with van der Waals surface area (Å²) >= 11 is 0. The van der Waals surface area contributed by atoms with Gasteiger partial charge in [-0.25, -0.2) is 0 Å². The van der Waals surface area contributed by atoms with Crippen molar-refractivity contribution in [3.05, 3.63) is 12.2 Å². The maximum Gasteiger partial charge on any atom is 0.246 e. The molecule has 1 saturated heterocycles. The van der Waals surface area contributed by atoms with E-state index in [0.717, 1.165) is 12.5 Å². The SMILES string of the molecule is O=C(/C=C/C1CCCC1)N1CCC1C1CCCC1. The highest BCUT2D eigenvalue weighted by Gasteiger charge is 2.37. The maximum absolute atomic E-state index is 12.2. The van der Waals surface area contributed by atoms with Crippen molar-refractivity contribution in [1.29, 1.82) is 0 Å². The second-order valence-electron chi connectivity index (χ2n) is 6.34.